The van der Waals surface area contributed by atoms with Crippen molar-refractivity contribution < 1.29 is 4.79 Å². The Labute approximate surface area is 166 Å². The Bertz CT molecular complexity index is 994. The van der Waals surface area contributed by atoms with Crippen LogP contribution in [0.3, 0.4) is 0 Å². The van der Waals surface area contributed by atoms with Gasteiger partial charge >= 0.3 is 0 Å². The van der Waals surface area contributed by atoms with E-state index in [0.717, 1.165) is 44.5 Å². The highest BCUT2D eigenvalue weighted by Gasteiger charge is 2.38. The maximum atomic E-state index is 13.1. The van der Waals surface area contributed by atoms with Crippen molar-refractivity contribution in [3.63, 3.8) is 0 Å². The molecule has 1 unspecified atom stereocenters. The molecule has 2 atom stereocenters. The van der Waals surface area contributed by atoms with Crippen LogP contribution in [0.25, 0.3) is 10.9 Å². The summed E-state index contributed by atoms with van der Waals surface area (Å²) < 4.78 is 0. The highest BCUT2D eigenvalue weighted by atomic mass is 16.2. The lowest BCUT2D eigenvalue weighted by molar-refractivity contribution is 0.0434. The third-order valence-corrected chi connectivity index (χ3v) is 6.58. The van der Waals surface area contributed by atoms with Crippen molar-refractivity contribution in [2.24, 2.45) is 0 Å². The summed E-state index contributed by atoms with van der Waals surface area (Å²) in [6.45, 7) is 5.03. The number of fused-ring (bicyclic) bond motifs is 5. The molecule has 1 amide bonds. The van der Waals surface area contributed by atoms with Gasteiger partial charge in [-0.2, -0.15) is 0 Å². The first-order valence-electron chi connectivity index (χ1n) is 10.5. The van der Waals surface area contributed by atoms with Crippen LogP contribution in [-0.4, -0.2) is 46.4 Å². The first kappa shape index (κ1) is 17.5. The minimum Gasteiger partial charge on any atom is -0.357 e. The normalized spacial score (nSPS) is 21.9. The molecule has 0 radical (unpaired) electrons. The number of benzene rings is 2. The molecule has 1 aromatic heterocycles. The minimum absolute atomic E-state index is 0.161. The van der Waals surface area contributed by atoms with Crippen LogP contribution >= 0.6 is 0 Å². The second kappa shape index (κ2) is 7.10. The van der Waals surface area contributed by atoms with Crippen LogP contribution in [0.15, 0.2) is 54.6 Å². The van der Waals surface area contributed by atoms with Crippen molar-refractivity contribution in [1.29, 1.82) is 0 Å². The number of nitrogens with one attached hydrogen (secondary N) is 1. The zero-order chi connectivity index (χ0) is 19.1. The quantitative estimate of drug-likeness (QED) is 0.739. The van der Waals surface area contributed by atoms with Gasteiger partial charge in [-0.15, -0.1) is 0 Å². The number of hydrogen-bond acceptors (Lipinski definition) is 2. The highest BCUT2D eigenvalue weighted by Crippen LogP contribution is 2.40. The minimum atomic E-state index is 0.161. The monoisotopic (exact) mass is 373 g/mol. The van der Waals surface area contributed by atoms with Crippen LogP contribution in [0.2, 0.25) is 0 Å². The topological polar surface area (TPSA) is 39.3 Å². The van der Waals surface area contributed by atoms with E-state index in [0.29, 0.717) is 6.04 Å². The molecule has 1 saturated heterocycles. The fourth-order valence-electron chi connectivity index (χ4n) is 5.19. The number of hydrogen-bond donors (Lipinski definition) is 1. The standard InChI is InChI=1S/C24H27N3O/c1-2-27(24(28)17-8-4-3-5-9-17)18-12-14-26-15-13-20-19-10-6-7-11-21(19)25-23(20)22(26)16-18/h3-11,18,22,25H,2,12-16H2,1H3/t18?,22-/m0/s1. The molecule has 0 spiro atoms. The van der Waals surface area contributed by atoms with Crippen molar-refractivity contribution in [3.05, 3.63) is 71.4 Å². The Hall–Kier alpha value is -2.59. The molecule has 2 aromatic carbocycles. The number of nitrogens with zero attached hydrogens (tertiary/aromatic N) is 2. The number of aromatic amines is 1. The van der Waals surface area contributed by atoms with Gasteiger partial charge < -0.3 is 9.88 Å². The number of carbonyl (C=O) groups excluding carboxylic acids is 1. The van der Waals surface area contributed by atoms with E-state index in [1.54, 1.807) is 0 Å². The van der Waals surface area contributed by atoms with Crippen molar-refractivity contribution in [2.45, 2.75) is 38.3 Å². The average molecular weight is 374 g/mol. The number of para-hydroxylation sites is 1. The molecule has 2 aliphatic heterocycles. The molecule has 28 heavy (non-hydrogen) atoms. The molecule has 0 bridgehead atoms. The molecule has 144 valence electrons. The second-order valence-electron chi connectivity index (χ2n) is 8.00. The number of rotatable bonds is 3. The van der Waals surface area contributed by atoms with Gasteiger partial charge in [0.25, 0.3) is 5.91 Å². The number of H-pyrrole nitrogens is 1. The van der Waals surface area contributed by atoms with Crippen molar-refractivity contribution in [2.75, 3.05) is 19.6 Å². The second-order valence-corrected chi connectivity index (χ2v) is 8.00. The average Bonchev–Trinajstić information content (AvgIpc) is 3.14. The molecular weight excluding hydrogens is 346 g/mol. The molecule has 2 aliphatic rings. The fourth-order valence-corrected chi connectivity index (χ4v) is 5.19. The molecule has 4 nitrogen and oxygen atoms in total. The van der Waals surface area contributed by atoms with E-state index in [9.17, 15) is 4.79 Å². The zero-order valence-corrected chi connectivity index (χ0v) is 16.4. The number of carbonyl (C=O) groups is 1. The van der Waals surface area contributed by atoms with Gasteiger partial charge in [0.2, 0.25) is 0 Å². The van der Waals surface area contributed by atoms with Crippen molar-refractivity contribution in [1.82, 2.24) is 14.8 Å². The summed E-state index contributed by atoms with van der Waals surface area (Å²) >= 11 is 0. The van der Waals surface area contributed by atoms with Crippen molar-refractivity contribution >= 4 is 16.8 Å². The van der Waals surface area contributed by atoms with E-state index in [-0.39, 0.29) is 11.9 Å². The zero-order valence-electron chi connectivity index (χ0n) is 16.4. The Morgan fingerprint density at radius 1 is 1.11 bits per heavy atom. The van der Waals surface area contributed by atoms with Crippen LogP contribution in [0.5, 0.6) is 0 Å². The van der Waals surface area contributed by atoms with E-state index in [1.165, 1.54) is 22.2 Å². The maximum absolute atomic E-state index is 13.1. The molecule has 1 fully saturated rings. The molecule has 3 heterocycles. The van der Waals surface area contributed by atoms with E-state index >= 15 is 0 Å². The summed E-state index contributed by atoms with van der Waals surface area (Å²) in [7, 11) is 0. The van der Waals surface area contributed by atoms with E-state index in [4.69, 9.17) is 0 Å². The highest BCUT2D eigenvalue weighted by molar-refractivity contribution is 5.94. The summed E-state index contributed by atoms with van der Waals surface area (Å²) in [6.07, 6.45) is 3.17. The van der Waals surface area contributed by atoms with Gasteiger partial charge in [-0.05, 0) is 49.9 Å². The van der Waals surface area contributed by atoms with Crippen LogP contribution in [-0.2, 0) is 6.42 Å². The predicted octanol–water partition coefficient (Wildman–Crippen LogP) is 4.39. The summed E-state index contributed by atoms with van der Waals surface area (Å²) in [4.78, 5) is 21.5. The predicted molar refractivity (Wildman–Crippen MR) is 112 cm³/mol. The molecule has 0 saturated carbocycles. The third kappa shape index (κ3) is 2.83. The first-order chi connectivity index (χ1) is 13.8. The Balaban J connectivity index is 1.44. The maximum Gasteiger partial charge on any atom is 0.254 e. The van der Waals surface area contributed by atoms with Gasteiger partial charge in [-0.1, -0.05) is 36.4 Å². The van der Waals surface area contributed by atoms with Gasteiger partial charge in [0.05, 0.1) is 6.04 Å². The van der Waals surface area contributed by atoms with Crippen LogP contribution in [0.1, 0.15) is 47.4 Å². The third-order valence-electron chi connectivity index (χ3n) is 6.58. The molecule has 0 aliphatic carbocycles. The number of aromatic nitrogens is 1. The molecule has 5 rings (SSSR count). The van der Waals surface area contributed by atoms with Crippen LogP contribution in [0, 0.1) is 0 Å². The summed E-state index contributed by atoms with van der Waals surface area (Å²) in [6, 6.07) is 19.0. The van der Waals surface area contributed by atoms with E-state index in [1.807, 2.05) is 30.3 Å². The summed E-state index contributed by atoms with van der Waals surface area (Å²) in [5, 5.41) is 1.37. The van der Waals surface area contributed by atoms with Gasteiger partial charge in [-0.25, -0.2) is 0 Å². The lowest BCUT2D eigenvalue weighted by Crippen LogP contribution is -2.50. The Morgan fingerprint density at radius 2 is 1.89 bits per heavy atom. The van der Waals surface area contributed by atoms with Gasteiger partial charge in [0.15, 0.2) is 0 Å². The lowest BCUT2D eigenvalue weighted by atomic mass is 9.87. The Kier molecular flexibility index (Phi) is 4.44. The fraction of sp³-hybridized carbons (Fsp3) is 0.375. The smallest absolute Gasteiger partial charge is 0.254 e. The van der Waals surface area contributed by atoms with E-state index in [2.05, 4.69) is 46.0 Å². The lowest BCUT2D eigenvalue weighted by Gasteiger charge is -2.45. The molecule has 4 heteroatoms. The van der Waals surface area contributed by atoms with E-state index < -0.39 is 0 Å². The number of piperidine rings is 1. The molecular formula is C24H27N3O. The van der Waals surface area contributed by atoms with Gasteiger partial charge in [-0.3, -0.25) is 9.69 Å². The van der Waals surface area contributed by atoms with Crippen LogP contribution < -0.4 is 0 Å². The first-order valence-corrected chi connectivity index (χ1v) is 10.5. The largest absolute Gasteiger partial charge is 0.357 e. The molecule has 3 aromatic rings. The van der Waals surface area contributed by atoms with Crippen LogP contribution in [0.4, 0.5) is 0 Å². The Morgan fingerprint density at radius 3 is 2.71 bits per heavy atom. The summed E-state index contributed by atoms with van der Waals surface area (Å²) in [5.74, 6) is 0.161. The SMILES string of the molecule is CCN(C(=O)c1ccccc1)C1CCN2CCc3c([nH]c4ccccc34)[C@@H]2C1. The van der Waals surface area contributed by atoms with Gasteiger partial charge in [0.1, 0.15) is 0 Å². The van der Waals surface area contributed by atoms with Crippen molar-refractivity contribution in [3.8, 4) is 0 Å². The number of amides is 1. The van der Waals surface area contributed by atoms with Gasteiger partial charge in [0, 0.05) is 47.8 Å². The summed E-state index contributed by atoms with van der Waals surface area (Å²) in [5.41, 5.74) is 4.89. The molecule has 1 N–H and O–H groups in total.